The van der Waals surface area contributed by atoms with Crippen molar-refractivity contribution in [2.45, 2.75) is 46.1 Å². The molecule has 2 nitrogen and oxygen atoms in total. The van der Waals surface area contributed by atoms with E-state index < -0.39 is 0 Å². The summed E-state index contributed by atoms with van der Waals surface area (Å²) in [4.78, 5) is 0. The first kappa shape index (κ1) is 24.6. The second-order valence-electron chi connectivity index (χ2n) is 9.55. The minimum absolute atomic E-state index is 0.0820. The molecule has 37 heavy (non-hydrogen) atoms. The van der Waals surface area contributed by atoms with Crippen LogP contribution in [0.4, 0.5) is 0 Å². The van der Waals surface area contributed by atoms with Gasteiger partial charge in [0.1, 0.15) is 0 Å². The Morgan fingerprint density at radius 1 is 0.946 bits per heavy atom. The quantitative estimate of drug-likeness (QED) is 0.305. The van der Waals surface area contributed by atoms with Crippen molar-refractivity contribution >= 4 is 33.9 Å². The van der Waals surface area contributed by atoms with E-state index in [0.717, 1.165) is 24.1 Å². The summed E-state index contributed by atoms with van der Waals surface area (Å²) in [6, 6.07) is 28.3. The fraction of sp³-hybridized carbons (Fsp3) is 0.200. The number of nitrogens with one attached hydrogen (secondary N) is 1. The van der Waals surface area contributed by atoms with Gasteiger partial charge in [0.2, 0.25) is 0 Å². The van der Waals surface area contributed by atoms with E-state index in [4.69, 9.17) is 0 Å². The van der Waals surface area contributed by atoms with Crippen LogP contribution >= 0.6 is 0 Å². The lowest BCUT2D eigenvalue weighted by Crippen LogP contribution is -2.23. The van der Waals surface area contributed by atoms with Crippen molar-refractivity contribution in [3.63, 3.8) is 0 Å². The molecule has 2 aliphatic rings. The molecule has 1 aliphatic carbocycles. The molecule has 6 rings (SSSR count). The van der Waals surface area contributed by atoms with Crippen molar-refractivity contribution in [3.8, 4) is 0 Å². The van der Waals surface area contributed by atoms with Crippen LogP contribution in [0.15, 0.2) is 104 Å². The van der Waals surface area contributed by atoms with Crippen LogP contribution in [0.25, 0.3) is 33.9 Å². The van der Waals surface area contributed by atoms with Crippen LogP contribution in [0.1, 0.15) is 67.6 Å². The van der Waals surface area contributed by atoms with Gasteiger partial charge < -0.3 is 9.88 Å². The van der Waals surface area contributed by atoms with Crippen molar-refractivity contribution in [1.82, 2.24) is 9.88 Å². The molecule has 4 aromatic rings. The molecule has 0 saturated heterocycles. The summed E-state index contributed by atoms with van der Waals surface area (Å²) in [7, 11) is 0. The third kappa shape index (κ3) is 4.84. The summed E-state index contributed by atoms with van der Waals surface area (Å²) in [5.41, 5.74) is 11.1. The van der Waals surface area contributed by atoms with E-state index >= 15 is 0 Å². The van der Waals surface area contributed by atoms with E-state index in [1.165, 1.54) is 51.0 Å². The van der Waals surface area contributed by atoms with Gasteiger partial charge >= 0.3 is 0 Å². The summed E-state index contributed by atoms with van der Waals surface area (Å²) in [5, 5.41) is 5.14. The number of aromatic nitrogens is 1. The van der Waals surface area contributed by atoms with Crippen molar-refractivity contribution in [2.24, 2.45) is 0 Å². The summed E-state index contributed by atoms with van der Waals surface area (Å²) in [6.07, 6.45) is 12.7. The minimum atomic E-state index is 0.0820. The molecule has 0 fully saturated rings. The van der Waals surface area contributed by atoms with E-state index in [1.807, 2.05) is 13.8 Å². The lowest BCUT2D eigenvalue weighted by atomic mass is 9.99. The number of rotatable bonds is 4. The molecule has 0 bridgehead atoms. The van der Waals surface area contributed by atoms with Crippen LogP contribution < -0.4 is 5.32 Å². The maximum atomic E-state index is 4.21. The second kappa shape index (κ2) is 10.9. The highest BCUT2D eigenvalue weighted by molar-refractivity contribution is 5.95. The van der Waals surface area contributed by atoms with Gasteiger partial charge in [-0.05, 0) is 72.7 Å². The number of hydrogen-bond acceptors (Lipinski definition) is 1. The SMILES string of the molecule is C=C(C)c1ccc2c3c(n(C4=CC(c5ccccc5)NC(c5ccccc5)=C4)c2c1)C=CCCC3.CC. The van der Waals surface area contributed by atoms with Gasteiger partial charge in [0.15, 0.2) is 0 Å². The fourth-order valence-corrected chi connectivity index (χ4v) is 5.33. The van der Waals surface area contributed by atoms with Crippen molar-refractivity contribution in [1.29, 1.82) is 0 Å². The molecule has 1 aliphatic heterocycles. The van der Waals surface area contributed by atoms with E-state index in [-0.39, 0.29) is 6.04 Å². The van der Waals surface area contributed by atoms with Gasteiger partial charge in [0.05, 0.1) is 11.6 Å². The molecule has 0 saturated carbocycles. The Morgan fingerprint density at radius 3 is 2.41 bits per heavy atom. The third-order valence-electron chi connectivity index (χ3n) is 7.12. The van der Waals surface area contributed by atoms with Gasteiger partial charge in [-0.25, -0.2) is 0 Å². The van der Waals surface area contributed by atoms with Gasteiger partial charge in [-0.1, -0.05) is 105 Å². The molecule has 0 radical (unpaired) electrons. The summed E-state index contributed by atoms with van der Waals surface area (Å²) in [6.45, 7) is 10.3. The first-order valence-electron chi connectivity index (χ1n) is 13.5. The first-order valence-corrected chi connectivity index (χ1v) is 13.5. The molecule has 1 N–H and O–H groups in total. The van der Waals surface area contributed by atoms with E-state index in [9.17, 15) is 0 Å². The van der Waals surface area contributed by atoms with Gasteiger partial charge in [-0.2, -0.15) is 0 Å². The molecule has 186 valence electrons. The summed E-state index contributed by atoms with van der Waals surface area (Å²) >= 11 is 0. The maximum Gasteiger partial charge on any atom is 0.0721 e. The van der Waals surface area contributed by atoms with Crippen molar-refractivity contribution < 1.29 is 0 Å². The number of aryl methyl sites for hydroxylation is 1. The highest BCUT2D eigenvalue weighted by Crippen LogP contribution is 2.38. The zero-order valence-electron chi connectivity index (χ0n) is 22.2. The van der Waals surface area contributed by atoms with Crippen molar-refractivity contribution in [2.75, 3.05) is 0 Å². The normalized spacial score (nSPS) is 16.5. The fourth-order valence-electron chi connectivity index (χ4n) is 5.33. The Morgan fingerprint density at radius 2 is 1.68 bits per heavy atom. The molecule has 1 aromatic heterocycles. The van der Waals surface area contributed by atoms with Gasteiger partial charge in [-0.3, -0.25) is 0 Å². The van der Waals surface area contributed by atoms with Crippen LogP contribution in [0.2, 0.25) is 0 Å². The Balaban J connectivity index is 0.00000137. The van der Waals surface area contributed by atoms with Crippen LogP contribution in [0.5, 0.6) is 0 Å². The van der Waals surface area contributed by atoms with E-state index in [1.54, 1.807) is 0 Å². The summed E-state index contributed by atoms with van der Waals surface area (Å²) in [5.74, 6) is 0. The number of dihydropyridines is 1. The van der Waals surface area contributed by atoms with Crippen molar-refractivity contribution in [3.05, 3.63) is 132 Å². The Kier molecular flexibility index (Phi) is 7.28. The van der Waals surface area contributed by atoms with Gasteiger partial charge in [0.25, 0.3) is 0 Å². The number of fused-ring (bicyclic) bond motifs is 3. The van der Waals surface area contributed by atoms with Crippen LogP contribution in [-0.4, -0.2) is 4.57 Å². The Labute approximate surface area is 221 Å². The van der Waals surface area contributed by atoms with Crippen LogP contribution in [0, 0.1) is 0 Å². The lowest BCUT2D eigenvalue weighted by molar-refractivity contribution is 0.760. The summed E-state index contributed by atoms with van der Waals surface area (Å²) < 4.78 is 2.47. The average Bonchev–Trinajstić information content (AvgIpc) is 3.08. The number of allylic oxidation sites excluding steroid dienone is 4. The Bertz CT molecular complexity index is 1500. The zero-order chi connectivity index (χ0) is 25.8. The Hall–Kier alpha value is -4.04. The lowest BCUT2D eigenvalue weighted by Gasteiger charge is -2.27. The molecule has 1 atom stereocenters. The highest BCUT2D eigenvalue weighted by atomic mass is 15.0. The highest BCUT2D eigenvalue weighted by Gasteiger charge is 2.23. The number of nitrogens with zero attached hydrogens (tertiary/aromatic N) is 1. The minimum Gasteiger partial charge on any atom is -0.374 e. The molecular weight excluding hydrogens is 448 g/mol. The largest absolute Gasteiger partial charge is 0.374 e. The predicted octanol–water partition coefficient (Wildman–Crippen LogP) is 9.28. The smallest absolute Gasteiger partial charge is 0.0721 e. The van der Waals surface area contributed by atoms with Crippen LogP contribution in [0.3, 0.4) is 0 Å². The molecule has 3 aromatic carbocycles. The monoisotopic (exact) mass is 484 g/mol. The molecule has 2 heterocycles. The third-order valence-corrected chi connectivity index (χ3v) is 7.12. The maximum absolute atomic E-state index is 4.21. The van der Waals surface area contributed by atoms with Gasteiger partial charge in [-0.15, -0.1) is 0 Å². The van der Waals surface area contributed by atoms with Crippen LogP contribution in [-0.2, 0) is 6.42 Å². The van der Waals surface area contributed by atoms with E-state index in [0.29, 0.717) is 0 Å². The number of benzene rings is 3. The first-order chi connectivity index (χ1) is 18.2. The predicted molar refractivity (Wildman–Crippen MR) is 161 cm³/mol. The number of hydrogen-bond donors (Lipinski definition) is 1. The molecular formula is C35H36N2. The molecule has 1 unspecified atom stereocenters. The van der Waals surface area contributed by atoms with Gasteiger partial charge in [0, 0.05) is 22.5 Å². The second-order valence-corrected chi connectivity index (χ2v) is 9.55. The standard InChI is InChI=1S/C33H30N2.C2H6/c1-23(2)26-18-19-29-28-16-10-5-11-17-32(28)35(33(29)20-26)27-21-30(24-12-6-3-7-13-24)34-31(22-27)25-14-8-4-9-15-25;1-2/h3-4,6-9,11-15,17-22,30,34H,1,5,10,16H2,2H3;1-2H3. The average molecular weight is 485 g/mol. The van der Waals surface area contributed by atoms with E-state index in [2.05, 4.69) is 127 Å². The topological polar surface area (TPSA) is 17.0 Å². The molecule has 2 heteroatoms. The zero-order valence-corrected chi connectivity index (χ0v) is 22.2. The molecule has 0 spiro atoms. The molecule has 0 amide bonds.